The number of fused-ring (bicyclic) bond motifs is 1. The number of hydrogen-bond donors (Lipinski definition) is 0. The Kier molecular flexibility index (Phi) is 15.6. The van der Waals surface area contributed by atoms with Gasteiger partial charge in [-0.15, -0.1) is 5.92 Å². The first-order chi connectivity index (χ1) is 20.7. The molecule has 2 aromatic carbocycles. The van der Waals surface area contributed by atoms with Gasteiger partial charge >= 0.3 is 0 Å². The number of ketones is 1. The van der Waals surface area contributed by atoms with Crippen molar-refractivity contribution in [2.45, 2.75) is 133 Å². The highest BCUT2D eigenvalue weighted by molar-refractivity contribution is 5.94. The number of allylic oxidation sites excluding steroid dienone is 2. The van der Waals surface area contributed by atoms with E-state index in [0.29, 0.717) is 11.8 Å². The second-order valence-electron chi connectivity index (χ2n) is 13.3. The fourth-order valence-electron chi connectivity index (χ4n) is 7.25. The molecule has 1 saturated carbocycles. The SMILES string of the molecule is CC.CC.CC#CC(C)(C)CCC1CCCC(CC2Cc3ccccc3C(Cc3ccc(C(C)=O)cc3)=C(C)C2C)CC1. The molecule has 0 spiro atoms. The Labute approximate surface area is 266 Å². The van der Waals surface area contributed by atoms with E-state index in [0.717, 1.165) is 23.8 Å². The summed E-state index contributed by atoms with van der Waals surface area (Å²) in [6, 6.07) is 17.4. The Balaban J connectivity index is 0.00000155. The summed E-state index contributed by atoms with van der Waals surface area (Å²) in [5.74, 6) is 9.70. The summed E-state index contributed by atoms with van der Waals surface area (Å²) in [6.07, 6.45) is 13.0. The fraction of sp³-hybridized carbons (Fsp3) is 0.595. The molecule has 1 nitrogen and oxygen atoms in total. The van der Waals surface area contributed by atoms with Crippen LogP contribution < -0.4 is 0 Å². The first-order valence-electron chi connectivity index (χ1n) is 17.5. The van der Waals surface area contributed by atoms with Crippen LogP contribution in [0.25, 0.3) is 5.57 Å². The van der Waals surface area contributed by atoms with Gasteiger partial charge in [0.15, 0.2) is 5.78 Å². The van der Waals surface area contributed by atoms with Crippen LogP contribution in [0.4, 0.5) is 0 Å². The number of Topliss-reactive ketones (excluding diaryl/α,β-unsaturated/α-hetero) is 1. The lowest BCUT2D eigenvalue weighted by Gasteiger charge is -2.28. The standard InChI is InChI=1S/C38H50O.2C2H6/c1-7-22-38(5,6)23-21-30-11-10-12-31(16-15-30)24-35-26-34-13-8-9-14-36(34)37(28(3)27(35)2)25-32-17-19-33(20-18-32)29(4)39;2*1-2/h8-9,13-14,17-20,27,30-31,35H,10-12,15-16,21,23-26H2,1-6H3;2*1-2H3. The van der Waals surface area contributed by atoms with E-state index in [1.807, 2.05) is 46.8 Å². The Morgan fingerprint density at radius 3 is 2.19 bits per heavy atom. The maximum absolute atomic E-state index is 11.8. The minimum Gasteiger partial charge on any atom is -0.295 e. The third-order valence-electron chi connectivity index (χ3n) is 9.92. The van der Waals surface area contributed by atoms with Gasteiger partial charge in [0.05, 0.1) is 0 Å². The molecule has 4 rings (SSSR count). The Morgan fingerprint density at radius 2 is 1.53 bits per heavy atom. The van der Waals surface area contributed by atoms with E-state index in [2.05, 4.69) is 75.9 Å². The van der Waals surface area contributed by atoms with E-state index in [-0.39, 0.29) is 11.2 Å². The third-order valence-corrected chi connectivity index (χ3v) is 9.92. The van der Waals surface area contributed by atoms with Gasteiger partial charge in [0.1, 0.15) is 0 Å². The van der Waals surface area contributed by atoms with Crippen LogP contribution in [0.5, 0.6) is 0 Å². The average molecular weight is 583 g/mol. The molecular weight excluding hydrogens is 520 g/mol. The average Bonchev–Trinajstić information content (AvgIpc) is 3.29. The molecule has 4 unspecified atom stereocenters. The van der Waals surface area contributed by atoms with Crippen LogP contribution in [-0.2, 0) is 12.8 Å². The number of carbonyl (C=O) groups excluding carboxylic acids is 1. The van der Waals surface area contributed by atoms with E-state index in [9.17, 15) is 4.79 Å². The van der Waals surface area contributed by atoms with Gasteiger partial charge in [0.2, 0.25) is 0 Å². The van der Waals surface area contributed by atoms with E-state index in [4.69, 9.17) is 0 Å². The summed E-state index contributed by atoms with van der Waals surface area (Å²) >= 11 is 0. The summed E-state index contributed by atoms with van der Waals surface area (Å²) in [7, 11) is 0. The van der Waals surface area contributed by atoms with Crippen molar-refractivity contribution in [3.63, 3.8) is 0 Å². The molecule has 0 N–H and O–H groups in total. The van der Waals surface area contributed by atoms with Crippen molar-refractivity contribution in [1.29, 1.82) is 0 Å². The molecule has 2 aliphatic carbocycles. The summed E-state index contributed by atoms with van der Waals surface area (Å²) < 4.78 is 0. The lowest BCUT2D eigenvalue weighted by atomic mass is 9.77. The molecule has 0 aromatic heterocycles. The second-order valence-corrected chi connectivity index (χ2v) is 13.3. The van der Waals surface area contributed by atoms with Gasteiger partial charge in [-0.2, -0.15) is 0 Å². The van der Waals surface area contributed by atoms with Crippen LogP contribution in [0, 0.1) is 40.9 Å². The zero-order valence-electron chi connectivity index (χ0n) is 29.4. The van der Waals surface area contributed by atoms with Gasteiger partial charge in [0, 0.05) is 11.0 Å². The molecule has 4 atom stereocenters. The number of benzene rings is 2. The molecule has 2 aromatic rings. The molecule has 236 valence electrons. The van der Waals surface area contributed by atoms with E-state index < -0.39 is 0 Å². The summed E-state index contributed by atoms with van der Waals surface area (Å²) in [5.41, 5.74) is 8.26. The molecule has 1 heteroatoms. The van der Waals surface area contributed by atoms with Crippen LogP contribution in [0.15, 0.2) is 54.1 Å². The minimum absolute atomic E-state index is 0.132. The van der Waals surface area contributed by atoms with E-state index in [1.165, 1.54) is 80.1 Å². The molecule has 43 heavy (non-hydrogen) atoms. The zero-order valence-corrected chi connectivity index (χ0v) is 29.4. The van der Waals surface area contributed by atoms with Crippen LogP contribution in [0.3, 0.4) is 0 Å². The summed E-state index contributed by atoms with van der Waals surface area (Å²) in [4.78, 5) is 11.8. The summed E-state index contributed by atoms with van der Waals surface area (Å²) in [6.45, 7) is 21.1. The van der Waals surface area contributed by atoms with Crippen LogP contribution in [0.1, 0.15) is 148 Å². The highest BCUT2D eigenvalue weighted by atomic mass is 16.1. The lowest BCUT2D eigenvalue weighted by molar-refractivity contribution is 0.101. The summed E-state index contributed by atoms with van der Waals surface area (Å²) in [5, 5.41) is 0. The van der Waals surface area contributed by atoms with Crippen LogP contribution >= 0.6 is 0 Å². The van der Waals surface area contributed by atoms with Crippen molar-refractivity contribution >= 4 is 11.4 Å². The lowest BCUT2D eigenvalue weighted by Crippen LogP contribution is -2.19. The minimum atomic E-state index is 0.132. The van der Waals surface area contributed by atoms with Crippen molar-refractivity contribution in [3.05, 3.63) is 76.4 Å². The fourth-order valence-corrected chi connectivity index (χ4v) is 7.25. The first kappa shape index (κ1) is 36.6. The van der Waals surface area contributed by atoms with Gasteiger partial charge in [0.25, 0.3) is 0 Å². The van der Waals surface area contributed by atoms with E-state index >= 15 is 0 Å². The molecule has 0 heterocycles. The number of carbonyl (C=O) groups is 1. The van der Waals surface area contributed by atoms with Gasteiger partial charge in [-0.25, -0.2) is 0 Å². The Hall–Kier alpha value is -2.59. The maximum atomic E-state index is 11.8. The maximum Gasteiger partial charge on any atom is 0.159 e. The van der Waals surface area contributed by atoms with Crippen LogP contribution in [0.2, 0.25) is 0 Å². The molecule has 0 radical (unpaired) electrons. The Bertz CT molecular complexity index is 1220. The van der Waals surface area contributed by atoms with Gasteiger partial charge in [-0.3, -0.25) is 4.79 Å². The van der Waals surface area contributed by atoms with Crippen molar-refractivity contribution in [3.8, 4) is 11.8 Å². The van der Waals surface area contributed by atoms with Gasteiger partial charge < -0.3 is 0 Å². The first-order valence-corrected chi connectivity index (χ1v) is 17.5. The van der Waals surface area contributed by atoms with E-state index in [1.54, 1.807) is 12.5 Å². The Morgan fingerprint density at radius 1 is 0.907 bits per heavy atom. The van der Waals surface area contributed by atoms with Crippen LogP contribution in [-0.4, -0.2) is 5.78 Å². The zero-order chi connectivity index (χ0) is 32.0. The number of hydrogen-bond acceptors (Lipinski definition) is 1. The molecular formula is C42H62O. The second kappa shape index (κ2) is 18.3. The molecule has 1 fully saturated rings. The topological polar surface area (TPSA) is 17.1 Å². The quantitative estimate of drug-likeness (QED) is 0.172. The van der Waals surface area contributed by atoms with Crippen molar-refractivity contribution < 1.29 is 4.79 Å². The highest BCUT2D eigenvalue weighted by Gasteiger charge is 2.30. The van der Waals surface area contributed by atoms with Gasteiger partial charge in [-0.1, -0.05) is 127 Å². The molecule has 2 aliphatic rings. The number of rotatable bonds is 8. The van der Waals surface area contributed by atoms with Crippen molar-refractivity contribution in [1.82, 2.24) is 0 Å². The predicted octanol–water partition coefficient (Wildman–Crippen LogP) is 12.2. The molecule has 0 bridgehead atoms. The molecule has 0 aliphatic heterocycles. The predicted molar refractivity (Wildman–Crippen MR) is 189 cm³/mol. The molecule has 0 saturated heterocycles. The highest BCUT2D eigenvalue weighted by Crippen LogP contribution is 2.43. The smallest absolute Gasteiger partial charge is 0.159 e. The van der Waals surface area contributed by atoms with Crippen molar-refractivity contribution in [2.24, 2.45) is 29.1 Å². The largest absolute Gasteiger partial charge is 0.295 e. The van der Waals surface area contributed by atoms with Crippen molar-refractivity contribution in [2.75, 3.05) is 0 Å². The normalized spacial score (nSPS) is 21.8. The molecule has 0 amide bonds. The van der Waals surface area contributed by atoms with Gasteiger partial charge in [-0.05, 0) is 113 Å². The monoisotopic (exact) mass is 582 g/mol. The third kappa shape index (κ3) is 10.8.